The van der Waals surface area contributed by atoms with E-state index in [1.807, 2.05) is 0 Å². The van der Waals surface area contributed by atoms with Crippen molar-refractivity contribution in [2.24, 2.45) is 0 Å². The van der Waals surface area contributed by atoms with Gasteiger partial charge < -0.3 is 13.9 Å². The molecule has 15 aromatic rings. The van der Waals surface area contributed by atoms with Crippen LogP contribution < -0.4 is 4.90 Å². The van der Waals surface area contributed by atoms with Crippen molar-refractivity contribution in [3.8, 4) is 50.2 Å². The van der Waals surface area contributed by atoms with Crippen LogP contribution in [0, 0.1) is 0 Å². The largest absolute Gasteiger partial charge is 0.455 e. The summed E-state index contributed by atoms with van der Waals surface area (Å²) in [6, 6.07) is 101. The topological polar surface area (TPSA) is 21.3 Å². The molecule has 0 aliphatic rings. The van der Waals surface area contributed by atoms with Crippen LogP contribution in [0.5, 0.6) is 0 Å². The van der Waals surface area contributed by atoms with E-state index in [1.165, 1.54) is 60.0 Å². The van der Waals surface area contributed by atoms with Gasteiger partial charge in [-0.05, 0) is 127 Å². The second kappa shape index (κ2) is 17.4. The summed E-state index contributed by atoms with van der Waals surface area (Å²) in [6.45, 7) is 0. The van der Waals surface area contributed by atoms with E-state index in [-0.39, 0.29) is 0 Å². The van der Waals surface area contributed by atoms with Crippen molar-refractivity contribution >= 4 is 93.1 Å². The van der Waals surface area contributed by atoms with E-state index < -0.39 is 0 Å². The SMILES string of the molecule is c1cc(-c2ccc(N(c3ccc(-c4ccc(-c5ccc6c(ccc7ccccc76)c5)cc4)cc3)c3ccccc3-c3cccc4c3oc3c5ccccc5ccc43)cc2)cc(-n2c3ccccc3c3ccccc32)c1. The first-order chi connectivity index (χ1) is 37.2. The van der Waals surface area contributed by atoms with E-state index in [4.69, 9.17) is 4.42 Å². The standard InChI is InChI=1S/C72H46N2O/c1-3-17-59-51(13-1)31-32-55-45-54(38-43-60(55)59)49-29-27-47(28-30-49)48-33-39-56(40-34-48)73(68-24-8-7-21-64(68)65-22-12-23-66-67-44-37-52-14-2-4-18-61(52)71(67)75-72(65)66)57-41-35-50(36-42-57)53-15-11-16-58(46-53)74-69-25-9-5-19-62(69)63-20-6-10-26-70(63)74/h1-46H. The molecule has 0 unspecified atom stereocenters. The predicted molar refractivity (Wildman–Crippen MR) is 317 cm³/mol. The zero-order valence-corrected chi connectivity index (χ0v) is 40.9. The zero-order valence-electron chi connectivity index (χ0n) is 40.9. The molecule has 0 bridgehead atoms. The third-order valence-electron chi connectivity index (χ3n) is 15.4. The lowest BCUT2D eigenvalue weighted by atomic mass is 9.96. The molecule has 15 rings (SSSR count). The number of para-hydroxylation sites is 4. The highest BCUT2D eigenvalue weighted by Gasteiger charge is 2.22. The number of rotatable bonds is 8. The fourth-order valence-electron chi connectivity index (χ4n) is 11.7. The van der Waals surface area contributed by atoms with Gasteiger partial charge in [-0.25, -0.2) is 0 Å². The average molecular weight is 955 g/mol. The lowest BCUT2D eigenvalue weighted by Crippen LogP contribution is -2.11. The van der Waals surface area contributed by atoms with Gasteiger partial charge in [0.05, 0.1) is 16.7 Å². The molecule has 0 fully saturated rings. The summed E-state index contributed by atoms with van der Waals surface area (Å²) in [5.41, 5.74) is 17.6. The summed E-state index contributed by atoms with van der Waals surface area (Å²) in [5.74, 6) is 0. The van der Waals surface area contributed by atoms with Crippen LogP contribution in [0.15, 0.2) is 283 Å². The molecule has 2 heterocycles. The Kier molecular flexibility index (Phi) is 9.89. The summed E-state index contributed by atoms with van der Waals surface area (Å²) in [7, 11) is 0. The highest BCUT2D eigenvalue weighted by Crippen LogP contribution is 2.46. The maximum atomic E-state index is 6.96. The third-order valence-corrected chi connectivity index (χ3v) is 15.4. The van der Waals surface area contributed by atoms with E-state index in [1.54, 1.807) is 0 Å². The molecule has 350 valence electrons. The molecule has 0 aliphatic heterocycles. The highest BCUT2D eigenvalue weighted by atomic mass is 16.3. The number of benzene rings is 13. The Hall–Kier alpha value is -9.96. The third kappa shape index (κ3) is 7.12. The Morgan fingerprint density at radius 1 is 0.267 bits per heavy atom. The lowest BCUT2D eigenvalue weighted by molar-refractivity contribution is 0.674. The van der Waals surface area contributed by atoms with E-state index in [9.17, 15) is 0 Å². The van der Waals surface area contributed by atoms with Crippen molar-refractivity contribution in [1.29, 1.82) is 0 Å². The quantitative estimate of drug-likeness (QED) is 0.142. The number of fused-ring (bicyclic) bond motifs is 11. The molecule has 0 saturated heterocycles. The summed E-state index contributed by atoms with van der Waals surface area (Å²) in [5, 5.41) is 12.1. The predicted octanol–water partition coefficient (Wildman–Crippen LogP) is 20.3. The van der Waals surface area contributed by atoms with E-state index in [0.29, 0.717) is 0 Å². The number of hydrogen-bond acceptors (Lipinski definition) is 2. The van der Waals surface area contributed by atoms with Crippen LogP contribution in [0.3, 0.4) is 0 Å². The average Bonchev–Trinajstić information content (AvgIpc) is 4.07. The fourth-order valence-corrected chi connectivity index (χ4v) is 11.7. The fraction of sp³-hybridized carbons (Fsp3) is 0. The van der Waals surface area contributed by atoms with Gasteiger partial charge in [0.15, 0.2) is 0 Å². The van der Waals surface area contributed by atoms with Gasteiger partial charge in [0, 0.05) is 55.1 Å². The Bertz CT molecular complexity index is 4640. The number of anilines is 3. The van der Waals surface area contributed by atoms with Crippen molar-refractivity contribution in [2.45, 2.75) is 0 Å². The lowest BCUT2D eigenvalue weighted by Gasteiger charge is -2.28. The molecule has 0 N–H and O–H groups in total. The smallest absolute Gasteiger partial charge is 0.143 e. The van der Waals surface area contributed by atoms with Crippen LogP contribution in [-0.4, -0.2) is 4.57 Å². The molecule has 75 heavy (non-hydrogen) atoms. The second-order valence-electron chi connectivity index (χ2n) is 19.6. The number of nitrogens with zero attached hydrogens (tertiary/aromatic N) is 2. The molecule has 3 heteroatoms. The number of aromatic nitrogens is 1. The van der Waals surface area contributed by atoms with Crippen LogP contribution in [0.2, 0.25) is 0 Å². The molecule has 0 aliphatic carbocycles. The van der Waals surface area contributed by atoms with Gasteiger partial charge >= 0.3 is 0 Å². The summed E-state index contributed by atoms with van der Waals surface area (Å²) < 4.78 is 9.35. The van der Waals surface area contributed by atoms with E-state index >= 15 is 0 Å². The first-order valence-electron chi connectivity index (χ1n) is 25.7. The van der Waals surface area contributed by atoms with Gasteiger partial charge in [-0.2, -0.15) is 0 Å². The van der Waals surface area contributed by atoms with Crippen LogP contribution >= 0.6 is 0 Å². The van der Waals surface area contributed by atoms with Crippen molar-refractivity contribution in [2.75, 3.05) is 4.90 Å². The molecule has 0 radical (unpaired) electrons. The Balaban J connectivity index is 0.820. The van der Waals surface area contributed by atoms with Crippen molar-refractivity contribution in [3.63, 3.8) is 0 Å². The first kappa shape index (κ1) is 42.7. The van der Waals surface area contributed by atoms with Gasteiger partial charge in [-0.3, -0.25) is 0 Å². The van der Waals surface area contributed by atoms with Gasteiger partial charge in [-0.15, -0.1) is 0 Å². The summed E-state index contributed by atoms with van der Waals surface area (Å²) in [6.07, 6.45) is 0. The minimum Gasteiger partial charge on any atom is -0.455 e. The molecule has 0 saturated carbocycles. The second-order valence-corrected chi connectivity index (χ2v) is 19.6. The molecule has 0 spiro atoms. The maximum Gasteiger partial charge on any atom is 0.143 e. The van der Waals surface area contributed by atoms with Crippen molar-refractivity contribution < 1.29 is 4.42 Å². The van der Waals surface area contributed by atoms with Crippen LogP contribution in [0.1, 0.15) is 0 Å². The minimum absolute atomic E-state index is 0.880. The monoisotopic (exact) mass is 954 g/mol. The zero-order chi connectivity index (χ0) is 49.4. The van der Waals surface area contributed by atoms with E-state index in [0.717, 1.165) is 83.3 Å². The molecule has 3 nitrogen and oxygen atoms in total. The van der Waals surface area contributed by atoms with Gasteiger partial charge in [0.25, 0.3) is 0 Å². The molecule has 2 aromatic heterocycles. The summed E-state index contributed by atoms with van der Waals surface area (Å²) >= 11 is 0. The minimum atomic E-state index is 0.880. The maximum absolute atomic E-state index is 6.96. The molecular weight excluding hydrogens is 909 g/mol. The Labute approximate surface area is 434 Å². The Morgan fingerprint density at radius 2 is 0.720 bits per heavy atom. The van der Waals surface area contributed by atoms with Crippen molar-refractivity contribution in [1.82, 2.24) is 4.57 Å². The number of hydrogen-bond donors (Lipinski definition) is 0. The molecule has 13 aromatic carbocycles. The van der Waals surface area contributed by atoms with Crippen LogP contribution in [-0.2, 0) is 0 Å². The molecule has 0 amide bonds. The first-order valence-corrected chi connectivity index (χ1v) is 25.7. The number of furan rings is 1. The van der Waals surface area contributed by atoms with E-state index in [2.05, 4.69) is 289 Å². The molecular formula is C72H46N2O. The Morgan fingerprint density at radius 3 is 1.43 bits per heavy atom. The van der Waals surface area contributed by atoms with Gasteiger partial charge in [0.2, 0.25) is 0 Å². The molecule has 0 atom stereocenters. The van der Waals surface area contributed by atoms with Crippen LogP contribution in [0.25, 0.3) is 126 Å². The highest BCUT2D eigenvalue weighted by molar-refractivity contribution is 6.18. The van der Waals surface area contributed by atoms with Crippen LogP contribution in [0.4, 0.5) is 17.1 Å². The van der Waals surface area contributed by atoms with Gasteiger partial charge in [0.1, 0.15) is 11.2 Å². The van der Waals surface area contributed by atoms with Gasteiger partial charge in [-0.1, -0.05) is 212 Å². The normalized spacial score (nSPS) is 11.7. The van der Waals surface area contributed by atoms with Crippen molar-refractivity contribution in [3.05, 3.63) is 279 Å². The summed E-state index contributed by atoms with van der Waals surface area (Å²) in [4.78, 5) is 2.39.